The number of fused-ring (bicyclic) bond motifs is 4. The van der Waals surface area contributed by atoms with E-state index in [1.807, 2.05) is 19.2 Å². The zero-order valence-corrected chi connectivity index (χ0v) is 27.1. The van der Waals surface area contributed by atoms with Crippen LogP contribution in [0.2, 0.25) is 0 Å². The quantitative estimate of drug-likeness (QED) is 0.158. The highest BCUT2D eigenvalue weighted by Crippen LogP contribution is 2.42. The summed E-state index contributed by atoms with van der Waals surface area (Å²) in [5.41, 5.74) is 2.74. The minimum atomic E-state index is -0.926. The van der Waals surface area contributed by atoms with Gasteiger partial charge in [0.25, 0.3) is 0 Å². The number of aryl methyl sites for hydroxylation is 2. The number of anilines is 1. The highest BCUT2D eigenvalue weighted by Gasteiger charge is 2.49. The number of halogens is 2. The van der Waals surface area contributed by atoms with Gasteiger partial charge in [-0.1, -0.05) is 18.7 Å². The first kappa shape index (κ1) is 30.9. The van der Waals surface area contributed by atoms with Crippen molar-refractivity contribution in [3.05, 3.63) is 87.8 Å². The number of aromatic amines is 1. The number of hydrogen-bond acceptors (Lipinski definition) is 9. The number of rotatable bonds is 8. The Morgan fingerprint density at radius 1 is 1.22 bits per heavy atom. The summed E-state index contributed by atoms with van der Waals surface area (Å²) < 4.78 is 41.8. The topological polar surface area (TPSA) is 129 Å². The maximum absolute atomic E-state index is 15.0. The highest BCUT2D eigenvalue weighted by atomic mass is 19.1. The van der Waals surface area contributed by atoms with E-state index in [1.54, 1.807) is 19.2 Å². The lowest BCUT2D eigenvalue weighted by Crippen LogP contribution is -2.43. The predicted octanol–water partition coefficient (Wildman–Crippen LogP) is 6.95. The van der Waals surface area contributed by atoms with Gasteiger partial charge in [0, 0.05) is 59.4 Å². The van der Waals surface area contributed by atoms with Gasteiger partial charge < -0.3 is 24.6 Å². The lowest BCUT2D eigenvalue weighted by Gasteiger charge is -2.30. The van der Waals surface area contributed by atoms with Crippen LogP contribution in [0.1, 0.15) is 41.5 Å². The van der Waals surface area contributed by atoms with Crippen LogP contribution in [0.15, 0.2) is 58.5 Å². The van der Waals surface area contributed by atoms with Crippen LogP contribution >= 0.6 is 0 Å². The van der Waals surface area contributed by atoms with E-state index in [0.29, 0.717) is 41.4 Å². The van der Waals surface area contributed by atoms with Crippen molar-refractivity contribution in [3.63, 3.8) is 0 Å². The summed E-state index contributed by atoms with van der Waals surface area (Å²) in [6.45, 7) is 9.19. The lowest BCUT2D eigenvalue weighted by molar-refractivity contribution is 0.107. The Bertz CT molecular complexity index is 2370. The molecule has 10 nitrogen and oxygen atoms in total. The van der Waals surface area contributed by atoms with Gasteiger partial charge in [-0.2, -0.15) is 9.97 Å². The monoisotopic (exact) mass is 664 g/mol. The van der Waals surface area contributed by atoms with Crippen LogP contribution in [0.4, 0.5) is 14.6 Å². The fourth-order valence-electron chi connectivity index (χ4n) is 7.78. The van der Waals surface area contributed by atoms with Gasteiger partial charge in [-0.25, -0.2) is 18.6 Å². The summed E-state index contributed by atoms with van der Waals surface area (Å²) in [6, 6.07) is 7.73. The first-order valence-electron chi connectivity index (χ1n) is 16.3. The average Bonchev–Trinajstić information content (AvgIpc) is 3.76. The molecular weight excluding hydrogens is 630 g/mol. The molecule has 0 aliphatic carbocycles. The maximum Gasteiger partial charge on any atom is 0.349 e. The third-order valence-electron chi connectivity index (χ3n) is 10.1. The molecule has 0 bridgehead atoms. The summed E-state index contributed by atoms with van der Waals surface area (Å²) >= 11 is 0. The second-order valence-electron chi connectivity index (χ2n) is 13.1. The molecule has 49 heavy (non-hydrogen) atoms. The normalized spacial score (nSPS) is 19.2. The first-order chi connectivity index (χ1) is 23.7. The molecule has 0 spiro atoms. The molecule has 4 aromatic heterocycles. The molecular formula is C37H34F2N6O4. The number of nitrogens with zero attached hydrogens (tertiary/aromatic N) is 4. The van der Waals surface area contributed by atoms with Crippen LogP contribution in [-0.4, -0.2) is 61.3 Å². The number of aromatic nitrogens is 4. The summed E-state index contributed by atoms with van der Waals surface area (Å²) in [5.74, 6) is -0.289. The van der Waals surface area contributed by atoms with E-state index in [2.05, 4.69) is 31.7 Å². The molecule has 2 saturated heterocycles. The molecule has 12 heteroatoms. The van der Waals surface area contributed by atoms with Gasteiger partial charge in [0.1, 0.15) is 47.0 Å². The third-order valence-corrected chi connectivity index (χ3v) is 10.1. The van der Waals surface area contributed by atoms with Gasteiger partial charge in [0.15, 0.2) is 0 Å². The van der Waals surface area contributed by atoms with Crippen LogP contribution in [0.5, 0.6) is 11.8 Å². The molecule has 6 aromatic rings. The molecule has 0 radical (unpaired) electrons. The molecule has 0 amide bonds. The van der Waals surface area contributed by atoms with E-state index in [9.17, 15) is 14.3 Å². The molecule has 2 aliphatic heterocycles. The number of hydrogen-bond donors (Lipinski definition) is 3. The first-order valence-corrected chi connectivity index (χ1v) is 16.3. The number of aromatic hydroxyl groups is 1. The molecule has 2 fully saturated rings. The van der Waals surface area contributed by atoms with Crippen LogP contribution < -0.4 is 15.7 Å². The van der Waals surface area contributed by atoms with Gasteiger partial charge >= 0.3 is 11.6 Å². The van der Waals surface area contributed by atoms with E-state index < -0.39 is 23.2 Å². The van der Waals surface area contributed by atoms with Crippen molar-refractivity contribution in [2.24, 2.45) is 0 Å². The lowest BCUT2D eigenvalue weighted by atomic mass is 9.94. The Hall–Kier alpha value is -5.36. The number of H-pyrrole nitrogens is 1. The summed E-state index contributed by atoms with van der Waals surface area (Å²) in [7, 11) is 0. The van der Waals surface area contributed by atoms with Crippen LogP contribution in [-0.2, 0) is 6.54 Å². The molecule has 0 unspecified atom stereocenters. The number of phenolic OH excluding ortho intramolecular Hbond substituents is 1. The summed E-state index contributed by atoms with van der Waals surface area (Å²) in [6.07, 6.45) is 6.19. The number of phenols is 1. The van der Waals surface area contributed by atoms with Crippen molar-refractivity contribution >= 4 is 44.6 Å². The Labute approximate surface area is 279 Å². The van der Waals surface area contributed by atoms with Gasteiger partial charge in [-0.15, -0.1) is 0 Å². The van der Waals surface area contributed by atoms with Crippen molar-refractivity contribution in [1.29, 1.82) is 0 Å². The molecule has 250 valence electrons. The molecule has 8 rings (SSSR count). The van der Waals surface area contributed by atoms with Crippen molar-refractivity contribution < 1.29 is 23.0 Å². The van der Waals surface area contributed by atoms with Gasteiger partial charge in [-0.3, -0.25) is 4.90 Å². The fourth-order valence-corrected chi connectivity index (χ4v) is 7.78. The fraction of sp³-hybridized carbons (Fsp3) is 0.297. The van der Waals surface area contributed by atoms with Gasteiger partial charge in [0.05, 0.1) is 11.1 Å². The Kier molecular flexibility index (Phi) is 7.36. The third kappa shape index (κ3) is 5.09. The van der Waals surface area contributed by atoms with E-state index in [4.69, 9.17) is 14.1 Å². The van der Waals surface area contributed by atoms with E-state index in [0.717, 1.165) is 41.5 Å². The van der Waals surface area contributed by atoms with Gasteiger partial charge in [-0.05, 0) is 74.0 Å². The highest BCUT2D eigenvalue weighted by molar-refractivity contribution is 6.04. The standard InChI is InChI=1S/C37H34F2N6O4/c1-4-25-27(39)7-6-21-12-24(46)13-26(29(21)25)32-20(3)31-30(35(47)49-32)34(42-16-22-15-41-33-28(22)19(2)8-10-40-33)44-36(43-31)48-18-37-9-5-11-45(37)17-23(38)14-37/h4,6-8,10,12-13,15,23,46H,1,5,9,11,14,16-18H2,2-3H3,(H,40,41)(H,42,43,44)/t23-,37+/m1/s1. The second-order valence-corrected chi connectivity index (χ2v) is 13.1. The largest absolute Gasteiger partial charge is 0.508 e. The Balaban J connectivity index is 1.28. The number of pyridine rings is 1. The molecule has 6 heterocycles. The average molecular weight is 665 g/mol. The minimum absolute atomic E-state index is 0.0218. The van der Waals surface area contributed by atoms with Crippen molar-refractivity contribution in [3.8, 4) is 23.1 Å². The summed E-state index contributed by atoms with van der Waals surface area (Å²) in [4.78, 5) is 33.1. The molecule has 3 N–H and O–H groups in total. The number of ether oxygens (including phenoxy) is 1. The minimum Gasteiger partial charge on any atom is -0.508 e. The van der Waals surface area contributed by atoms with E-state index in [1.165, 1.54) is 24.3 Å². The van der Waals surface area contributed by atoms with Crippen LogP contribution in [0.3, 0.4) is 0 Å². The number of benzene rings is 2. The van der Waals surface area contributed by atoms with Crippen molar-refractivity contribution in [2.45, 2.75) is 51.4 Å². The van der Waals surface area contributed by atoms with Gasteiger partial charge in [0.2, 0.25) is 0 Å². The predicted molar refractivity (Wildman–Crippen MR) is 184 cm³/mol. The number of alkyl halides is 1. The maximum atomic E-state index is 15.0. The molecule has 2 aliphatic rings. The molecule has 0 saturated carbocycles. The molecule has 2 atom stereocenters. The Morgan fingerprint density at radius 2 is 2.08 bits per heavy atom. The Morgan fingerprint density at radius 3 is 2.92 bits per heavy atom. The van der Waals surface area contributed by atoms with Crippen molar-refractivity contribution in [1.82, 2.24) is 24.8 Å². The van der Waals surface area contributed by atoms with E-state index in [-0.39, 0.29) is 46.4 Å². The van der Waals surface area contributed by atoms with Crippen LogP contribution in [0, 0.1) is 19.7 Å². The van der Waals surface area contributed by atoms with Crippen LogP contribution in [0.25, 0.3) is 50.1 Å². The summed E-state index contributed by atoms with van der Waals surface area (Å²) in [5, 5.41) is 16.0. The second kappa shape index (κ2) is 11.7. The van der Waals surface area contributed by atoms with E-state index >= 15 is 4.39 Å². The number of nitrogens with one attached hydrogen (secondary N) is 2. The zero-order valence-electron chi connectivity index (χ0n) is 27.1. The SMILES string of the molecule is C=Cc1c(F)ccc2cc(O)cc(-c3oc(=O)c4c(NCc5c[nH]c6nccc(C)c56)nc(OC[C@@]56CCCN5C[C@H](F)C6)nc4c3C)c12. The zero-order chi connectivity index (χ0) is 34.0. The van der Waals surface area contributed by atoms with Crippen molar-refractivity contribution in [2.75, 3.05) is 25.0 Å². The smallest absolute Gasteiger partial charge is 0.349 e. The molecule has 2 aromatic carbocycles.